The van der Waals surface area contributed by atoms with Gasteiger partial charge in [0.1, 0.15) is 0 Å². The molecule has 1 aromatic rings. The van der Waals surface area contributed by atoms with Gasteiger partial charge in [-0.25, -0.2) is 0 Å². The molecule has 0 atom stereocenters. The summed E-state index contributed by atoms with van der Waals surface area (Å²) in [5, 5.41) is 10.5. The Balaban J connectivity index is 2.59. The summed E-state index contributed by atoms with van der Waals surface area (Å²) in [6.07, 6.45) is 1.14. The van der Waals surface area contributed by atoms with Crippen LogP contribution < -0.4 is 0 Å². The Kier molecular flexibility index (Phi) is 4.46. The molecular formula is C10H13NO2S. The van der Waals surface area contributed by atoms with Crippen molar-refractivity contribution in [3.8, 4) is 0 Å². The van der Waals surface area contributed by atoms with Gasteiger partial charge in [-0.15, -0.1) is 0 Å². The predicted molar refractivity (Wildman–Crippen MR) is 59.5 cm³/mol. The van der Waals surface area contributed by atoms with E-state index in [0.717, 1.165) is 23.5 Å². The van der Waals surface area contributed by atoms with Crippen molar-refractivity contribution in [2.24, 2.45) is 0 Å². The minimum atomic E-state index is -0.353. The van der Waals surface area contributed by atoms with Gasteiger partial charge in [-0.05, 0) is 17.7 Å². The molecule has 0 aliphatic carbocycles. The molecule has 0 spiro atoms. The van der Waals surface area contributed by atoms with E-state index in [1.807, 2.05) is 6.07 Å². The zero-order valence-electron chi connectivity index (χ0n) is 8.10. The van der Waals surface area contributed by atoms with E-state index in [4.69, 9.17) is 0 Å². The third-order valence-electron chi connectivity index (χ3n) is 1.74. The topological polar surface area (TPSA) is 43.1 Å². The Bertz CT molecular complexity index is 315. The van der Waals surface area contributed by atoms with E-state index in [2.05, 4.69) is 6.92 Å². The quantitative estimate of drug-likeness (QED) is 0.426. The molecule has 0 aromatic heterocycles. The second kappa shape index (κ2) is 5.65. The highest BCUT2D eigenvalue weighted by atomic mass is 32.2. The minimum absolute atomic E-state index is 0.180. The van der Waals surface area contributed by atoms with E-state index in [1.54, 1.807) is 23.9 Å². The van der Waals surface area contributed by atoms with Crippen LogP contribution in [0.2, 0.25) is 0 Å². The number of hydrogen-bond acceptors (Lipinski definition) is 3. The number of rotatable bonds is 5. The first kappa shape index (κ1) is 11.0. The Morgan fingerprint density at radius 3 is 2.93 bits per heavy atom. The lowest BCUT2D eigenvalue weighted by Crippen LogP contribution is -1.89. The number of nitrogens with zero attached hydrogens (tertiary/aromatic N) is 1. The molecular weight excluding hydrogens is 198 g/mol. The van der Waals surface area contributed by atoms with E-state index >= 15 is 0 Å². The highest BCUT2D eigenvalue weighted by Crippen LogP contribution is 2.18. The van der Waals surface area contributed by atoms with Gasteiger partial charge in [0.2, 0.25) is 0 Å². The van der Waals surface area contributed by atoms with Crippen molar-refractivity contribution in [1.82, 2.24) is 0 Å². The van der Waals surface area contributed by atoms with Crippen molar-refractivity contribution in [1.29, 1.82) is 0 Å². The number of thioether (sulfide) groups is 1. The second-order valence-corrected chi connectivity index (χ2v) is 4.08. The highest BCUT2D eigenvalue weighted by Gasteiger charge is 2.04. The van der Waals surface area contributed by atoms with E-state index in [9.17, 15) is 10.1 Å². The largest absolute Gasteiger partial charge is 0.269 e. The lowest BCUT2D eigenvalue weighted by Gasteiger charge is -1.99. The van der Waals surface area contributed by atoms with Gasteiger partial charge < -0.3 is 0 Å². The van der Waals surface area contributed by atoms with E-state index in [0.29, 0.717) is 0 Å². The number of non-ortho nitro benzene ring substituents is 1. The number of benzene rings is 1. The SMILES string of the molecule is CCCSCc1cccc([N+](=O)[O-])c1. The van der Waals surface area contributed by atoms with Gasteiger partial charge in [0.25, 0.3) is 5.69 Å². The third kappa shape index (κ3) is 3.38. The molecule has 0 N–H and O–H groups in total. The Morgan fingerprint density at radius 2 is 2.29 bits per heavy atom. The average molecular weight is 211 g/mol. The minimum Gasteiger partial charge on any atom is -0.258 e. The molecule has 0 saturated heterocycles. The molecule has 3 nitrogen and oxygen atoms in total. The van der Waals surface area contributed by atoms with Crippen molar-refractivity contribution in [2.45, 2.75) is 19.1 Å². The van der Waals surface area contributed by atoms with Crippen LogP contribution in [0.3, 0.4) is 0 Å². The molecule has 1 rings (SSSR count). The molecule has 0 amide bonds. The fourth-order valence-electron chi connectivity index (χ4n) is 1.09. The Morgan fingerprint density at radius 1 is 1.50 bits per heavy atom. The van der Waals surface area contributed by atoms with E-state index < -0.39 is 0 Å². The first-order valence-corrected chi connectivity index (χ1v) is 5.70. The van der Waals surface area contributed by atoms with Gasteiger partial charge in [0.15, 0.2) is 0 Å². The second-order valence-electron chi connectivity index (χ2n) is 2.98. The van der Waals surface area contributed by atoms with E-state index in [-0.39, 0.29) is 10.6 Å². The van der Waals surface area contributed by atoms with Crippen LogP contribution >= 0.6 is 11.8 Å². The molecule has 0 aliphatic heterocycles. The maximum absolute atomic E-state index is 10.5. The number of nitro benzene ring substituents is 1. The molecule has 76 valence electrons. The van der Waals surface area contributed by atoms with Gasteiger partial charge in [0.05, 0.1) is 4.92 Å². The molecule has 0 heterocycles. The van der Waals surface area contributed by atoms with Crippen LogP contribution in [0.15, 0.2) is 24.3 Å². The summed E-state index contributed by atoms with van der Waals surface area (Å²) >= 11 is 1.80. The zero-order chi connectivity index (χ0) is 10.4. The van der Waals surface area contributed by atoms with Crippen molar-refractivity contribution < 1.29 is 4.92 Å². The zero-order valence-corrected chi connectivity index (χ0v) is 8.92. The maximum atomic E-state index is 10.5. The number of nitro groups is 1. The van der Waals surface area contributed by atoms with Gasteiger partial charge in [-0.2, -0.15) is 11.8 Å². The standard InChI is InChI=1S/C10H13NO2S/c1-2-6-14-8-9-4-3-5-10(7-9)11(12)13/h3-5,7H,2,6,8H2,1H3. The van der Waals surface area contributed by atoms with Gasteiger partial charge in [0, 0.05) is 17.9 Å². The highest BCUT2D eigenvalue weighted by molar-refractivity contribution is 7.98. The van der Waals surface area contributed by atoms with Crippen LogP contribution in [-0.4, -0.2) is 10.7 Å². The first-order chi connectivity index (χ1) is 6.74. The smallest absolute Gasteiger partial charge is 0.258 e. The van der Waals surface area contributed by atoms with Crippen molar-refractivity contribution >= 4 is 17.4 Å². The van der Waals surface area contributed by atoms with Gasteiger partial charge in [-0.1, -0.05) is 19.1 Å². The molecule has 4 heteroatoms. The lowest BCUT2D eigenvalue weighted by molar-refractivity contribution is -0.384. The van der Waals surface area contributed by atoms with Gasteiger partial charge in [-0.3, -0.25) is 10.1 Å². The van der Waals surface area contributed by atoms with Crippen molar-refractivity contribution in [2.75, 3.05) is 5.75 Å². The Labute approximate surface area is 87.7 Å². The van der Waals surface area contributed by atoms with Crippen molar-refractivity contribution in [3.05, 3.63) is 39.9 Å². The molecule has 0 unspecified atom stereocenters. The molecule has 0 bridgehead atoms. The summed E-state index contributed by atoms with van der Waals surface area (Å²) in [5.74, 6) is 1.96. The molecule has 14 heavy (non-hydrogen) atoms. The normalized spacial score (nSPS) is 10.1. The van der Waals surface area contributed by atoms with Crippen LogP contribution in [0, 0.1) is 10.1 Å². The molecule has 0 aliphatic rings. The molecule has 0 saturated carbocycles. The summed E-state index contributed by atoms with van der Waals surface area (Å²) in [5.41, 5.74) is 1.21. The molecule has 1 aromatic carbocycles. The third-order valence-corrected chi connectivity index (χ3v) is 2.97. The van der Waals surface area contributed by atoms with Crippen LogP contribution in [0.5, 0.6) is 0 Å². The monoisotopic (exact) mass is 211 g/mol. The fraction of sp³-hybridized carbons (Fsp3) is 0.400. The van der Waals surface area contributed by atoms with Crippen LogP contribution in [0.1, 0.15) is 18.9 Å². The van der Waals surface area contributed by atoms with Gasteiger partial charge >= 0.3 is 0 Å². The van der Waals surface area contributed by atoms with Crippen LogP contribution in [0.4, 0.5) is 5.69 Å². The van der Waals surface area contributed by atoms with Crippen LogP contribution in [-0.2, 0) is 5.75 Å². The summed E-state index contributed by atoms with van der Waals surface area (Å²) in [6.45, 7) is 2.13. The predicted octanol–water partition coefficient (Wildman–Crippen LogP) is 3.24. The Hall–Kier alpha value is -1.03. The van der Waals surface area contributed by atoms with Crippen LogP contribution in [0.25, 0.3) is 0 Å². The fourth-order valence-corrected chi connectivity index (χ4v) is 1.94. The maximum Gasteiger partial charge on any atom is 0.269 e. The van der Waals surface area contributed by atoms with E-state index in [1.165, 1.54) is 6.07 Å². The summed E-state index contributed by atoms with van der Waals surface area (Å²) in [7, 11) is 0. The average Bonchev–Trinajstić information content (AvgIpc) is 2.19. The summed E-state index contributed by atoms with van der Waals surface area (Å²) in [6, 6.07) is 6.83. The summed E-state index contributed by atoms with van der Waals surface area (Å²) < 4.78 is 0. The number of hydrogen-bond donors (Lipinski definition) is 0. The first-order valence-electron chi connectivity index (χ1n) is 4.55. The molecule has 0 fully saturated rings. The van der Waals surface area contributed by atoms with Crippen molar-refractivity contribution in [3.63, 3.8) is 0 Å². The lowest BCUT2D eigenvalue weighted by atomic mass is 10.2. The summed E-state index contributed by atoms with van der Waals surface area (Å²) in [4.78, 5) is 10.1. The molecule has 0 radical (unpaired) electrons.